The van der Waals surface area contributed by atoms with Crippen LogP contribution in [0.4, 0.5) is 5.69 Å². The van der Waals surface area contributed by atoms with E-state index in [4.69, 9.17) is 11.6 Å². The van der Waals surface area contributed by atoms with E-state index < -0.39 is 34.1 Å². The minimum absolute atomic E-state index is 0.151. The van der Waals surface area contributed by atoms with Crippen LogP contribution in [0.15, 0.2) is 48.5 Å². The quantitative estimate of drug-likeness (QED) is 0.606. The van der Waals surface area contributed by atoms with Gasteiger partial charge in [-0.1, -0.05) is 53.6 Å². The average Bonchev–Trinajstić information content (AvgIpc) is 2.69. The number of hydrogen-bond donors (Lipinski definition) is 1. The van der Waals surface area contributed by atoms with Crippen molar-refractivity contribution in [1.82, 2.24) is 10.2 Å². The number of benzene rings is 2. The van der Waals surface area contributed by atoms with Crippen molar-refractivity contribution in [2.45, 2.75) is 52.7 Å². The Balaban J connectivity index is 2.41. The molecule has 0 aliphatic carbocycles. The van der Waals surface area contributed by atoms with E-state index in [9.17, 15) is 18.0 Å². The van der Waals surface area contributed by atoms with E-state index in [1.54, 1.807) is 25.1 Å². The Kier molecular flexibility index (Phi) is 8.54. The van der Waals surface area contributed by atoms with Crippen LogP contribution in [0.2, 0.25) is 5.02 Å². The summed E-state index contributed by atoms with van der Waals surface area (Å²) in [4.78, 5) is 27.8. The summed E-state index contributed by atoms with van der Waals surface area (Å²) in [6.45, 7) is 8.82. The van der Waals surface area contributed by atoms with Gasteiger partial charge >= 0.3 is 0 Å². The average molecular weight is 494 g/mol. The van der Waals surface area contributed by atoms with Crippen LogP contribution in [-0.4, -0.2) is 49.5 Å². The number of halogens is 1. The SMILES string of the molecule is Cc1ccc(CN(C(=O)CN(c2ccccc2Cl)S(C)(=O)=O)C(C)C(=O)NC(C)(C)C)cc1. The van der Waals surface area contributed by atoms with E-state index >= 15 is 0 Å². The Morgan fingerprint density at radius 1 is 1.06 bits per heavy atom. The van der Waals surface area contributed by atoms with E-state index in [2.05, 4.69) is 5.32 Å². The number of sulfonamides is 1. The highest BCUT2D eigenvalue weighted by atomic mass is 35.5. The van der Waals surface area contributed by atoms with Crippen molar-refractivity contribution in [2.75, 3.05) is 17.1 Å². The first kappa shape index (κ1) is 26.7. The van der Waals surface area contributed by atoms with Crippen LogP contribution >= 0.6 is 11.6 Å². The molecule has 1 N–H and O–H groups in total. The van der Waals surface area contributed by atoms with Gasteiger partial charge in [0, 0.05) is 12.1 Å². The molecular weight excluding hydrogens is 462 g/mol. The zero-order chi connectivity index (χ0) is 25.0. The van der Waals surface area contributed by atoms with E-state index in [1.807, 2.05) is 52.0 Å². The molecule has 0 aromatic heterocycles. The molecule has 2 rings (SSSR count). The highest BCUT2D eigenvalue weighted by Gasteiger charge is 2.31. The fraction of sp³-hybridized carbons (Fsp3) is 0.417. The summed E-state index contributed by atoms with van der Waals surface area (Å²) in [5.74, 6) is -0.843. The van der Waals surface area contributed by atoms with Crippen LogP contribution in [0.25, 0.3) is 0 Å². The monoisotopic (exact) mass is 493 g/mol. The van der Waals surface area contributed by atoms with E-state index in [1.165, 1.54) is 11.0 Å². The maximum Gasteiger partial charge on any atom is 0.244 e. The second-order valence-corrected chi connectivity index (χ2v) is 11.5. The first-order chi connectivity index (χ1) is 15.2. The Labute approximate surface area is 201 Å². The summed E-state index contributed by atoms with van der Waals surface area (Å²) in [6.07, 6.45) is 1.02. The van der Waals surface area contributed by atoms with E-state index in [0.29, 0.717) is 0 Å². The topological polar surface area (TPSA) is 86.8 Å². The molecule has 0 aliphatic rings. The third-order valence-electron chi connectivity index (χ3n) is 4.94. The van der Waals surface area contributed by atoms with Crippen molar-refractivity contribution in [3.05, 3.63) is 64.7 Å². The number of amides is 2. The van der Waals surface area contributed by atoms with Gasteiger partial charge in [0.1, 0.15) is 12.6 Å². The molecular formula is C24H32ClN3O4S. The Hall–Kier alpha value is -2.58. The van der Waals surface area contributed by atoms with Crippen LogP contribution in [0.5, 0.6) is 0 Å². The van der Waals surface area contributed by atoms with Gasteiger partial charge in [0.25, 0.3) is 0 Å². The number of hydrogen-bond acceptors (Lipinski definition) is 4. The number of nitrogens with one attached hydrogen (secondary N) is 1. The number of para-hydroxylation sites is 1. The summed E-state index contributed by atoms with van der Waals surface area (Å²) in [7, 11) is -3.82. The van der Waals surface area contributed by atoms with Crippen molar-refractivity contribution >= 4 is 39.1 Å². The molecule has 2 aromatic carbocycles. The first-order valence-electron chi connectivity index (χ1n) is 10.6. The Bertz CT molecular complexity index is 1100. The van der Waals surface area contributed by atoms with E-state index in [-0.39, 0.29) is 23.2 Å². The van der Waals surface area contributed by atoms with Gasteiger partial charge in [-0.2, -0.15) is 0 Å². The molecule has 0 fully saturated rings. The summed E-state index contributed by atoms with van der Waals surface area (Å²) in [5, 5.41) is 3.10. The molecule has 2 amide bonds. The smallest absolute Gasteiger partial charge is 0.244 e. The van der Waals surface area contributed by atoms with Gasteiger partial charge in [-0.05, 0) is 52.3 Å². The highest BCUT2D eigenvalue weighted by molar-refractivity contribution is 7.92. The van der Waals surface area contributed by atoms with Crippen LogP contribution in [0, 0.1) is 6.92 Å². The summed E-state index contributed by atoms with van der Waals surface area (Å²) < 4.78 is 26.1. The molecule has 1 atom stereocenters. The maximum atomic E-state index is 13.5. The second-order valence-electron chi connectivity index (χ2n) is 9.14. The van der Waals surface area contributed by atoms with Crippen molar-refractivity contribution in [2.24, 2.45) is 0 Å². The molecule has 7 nitrogen and oxygen atoms in total. The predicted molar refractivity (Wildman–Crippen MR) is 133 cm³/mol. The van der Waals surface area contributed by atoms with Crippen LogP contribution in [0.3, 0.4) is 0 Å². The van der Waals surface area contributed by atoms with E-state index in [0.717, 1.165) is 21.7 Å². The summed E-state index contributed by atoms with van der Waals surface area (Å²) >= 11 is 6.22. The lowest BCUT2D eigenvalue weighted by molar-refractivity contribution is -0.140. The third kappa shape index (κ3) is 7.75. The zero-order valence-electron chi connectivity index (χ0n) is 19.9. The van der Waals surface area contributed by atoms with Gasteiger partial charge in [0.2, 0.25) is 21.8 Å². The molecule has 0 saturated heterocycles. The summed E-state index contributed by atoms with van der Waals surface area (Å²) in [6, 6.07) is 13.2. The largest absolute Gasteiger partial charge is 0.350 e. The minimum Gasteiger partial charge on any atom is -0.350 e. The fourth-order valence-electron chi connectivity index (χ4n) is 3.20. The Morgan fingerprint density at radius 2 is 1.64 bits per heavy atom. The molecule has 0 radical (unpaired) electrons. The van der Waals surface area contributed by atoms with Crippen LogP contribution in [-0.2, 0) is 26.2 Å². The molecule has 33 heavy (non-hydrogen) atoms. The molecule has 0 heterocycles. The van der Waals surface area contributed by atoms with Crippen molar-refractivity contribution in [3.63, 3.8) is 0 Å². The number of aryl methyl sites for hydroxylation is 1. The molecule has 0 aliphatic heterocycles. The molecule has 2 aromatic rings. The van der Waals surface area contributed by atoms with Gasteiger partial charge in [0.15, 0.2) is 0 Å². The van der Waals surface area contributed by atoms with Crippen LogP contribution < -0.4 is 9.62 Å². The predicted octanol–water partition coefficient (Wildman–Crippen LogP) is 3.75. The molecule has 0 saturated carbocycles. The molecule has 180 valence electrons. The number of anilines is 1. The molecule has 1 unspecified atom stereocenters. The number of nitrogens with zero attached hydrogens (tertiary/aromatic N) is 2. The number of carbonyl (C=O) groups excluding carboxylic acids is 2. The van der Waals surface area contributed by atoms with Gasteiger partial charge in [-0.15, -0.1) is 0 Å². The second kappa shape index (κ2) is 10.6. The lowest BCUT2D eigenvalue weighted by Gasteiger charge is -2.33. The fourth-order valence-corrected chi connectivity index (χ4v) is 4.34. The lowest BCUT2D eigenvalue weighted by Crippen LogP contribution is -2.54. The molecule has 9 heteroatoms. The summed E-state index contributed by atoms with van der Waals surface area (Å²) in [5.41, 5.74) is 1.61. The first-order valence-corrected chi connectivity index (χ1v) is 12.8. The van der Waals surface area contributed by atoms with Crippen LogP contribution in [0.1, 0.15) is 38.8 Å². The number of rotatable bonds is 8. The van der Waals surface area contributed by atoms with Gasteiger partial charge < -0.3 is 10.2 Å². The molecule has 0 spiro atoms. The highest BCUT2D eigenvalue weighted by Crippen LogP contribution is 2.27. The molecule has 0 bridgehead atoms. The maximum absolute atomic E-state index is 13.5. The van der Waals surface area contributed by atoms with Gasteiger partial charge in [0.05, 0.1) is 17.0 Å². The Morgan fingerprint density at radius 3 is 2.15 bits per heavy atom. The third-order valence-corrected chi connectivity index (χ3v) is 6.39. The normalized spacial score (nSPS) is 12.7. The van der Waals surface area contributed by atoms with Crippen molar-refractivity contribution in [1.29, 1.82) is 0 Å². The standard InChI is InChI=1S/C24H32ClN3O4S/c1-17-11-13-19(14-12-17)15-27(18(2)23(30)26-24(3,4)5)22(29)16-28(33(6,31)32)21-10-8-7-9-20(21)25/h7-14,18H,15-16H2,1-6H3,(H,26,30). The van der Waals surface area contributed by atoms with Gasteiger partial charge in [-0.25, -0.2) is 8.42 Å². The van der Waals surface area contributed by atoms with Gasteiger partial charge in [-0.3, -0.25) is 13.9 Å². The van der Waals surface area contributed by atoms with Crippen molar-refractivity contribution < 1.29 is 18.0 Å². The number of carbonyl (C=O) groups is 2. The minimum atomic E-state index is -3.82. The zero-order valence-corrected chi connectivity index (χ0v) is 21.5. The lowest BCUT2D eigenvalue weighted by atomic mass is 10.1. The van der Waals surface area contributed by atoms with Crippen molar-refractivity contribution in [3.8, 4) is 0 Å².